The highest BCUT2D eigenvalue weighted by atomic mass is 79.9. The average Bonchev–Trinajstić information content (AvgIpc) is 2.99. The minimum atomic E-state index is -3.83. The van der Waals surface area contributed by atoms with Crippen LogP contribution in [0.1, 0.15) is 33.4 Å². The van der Waals surface area contributed by atoms with Crippen molar-refractivity contribution in [2.24, 2.45) is 0 Å². The molecule has 0 radical (unpaired) electrons. The maximum atomic E-state index is 13.3. The third-order valence-corrected chi connectivity index (χ3v) is 8.27. The van der Waals surface area contributed by atoms with Gasteiger partial charge in [0.1, 0.15) is 0 Å². The van der Waals surface area contributed by atoms with E-state index in [4.69, 9.17) is 23.2 Å². The minimum absolute atomic E-state index is 0.217. The van der Waals surface area contributed by atoms with Gasteiger partial charge in [-0.2, -0.15) is 5.10 Å². The van der Waals surface area contributed by atoms with Crippen LogP contribution in [-0.2, 0) is 16.6 Å². The molecule has 0 aliphatic heterocycles. The average molecular weight is 531 g/mol. The second-order valence-corrected chi connectivity index (χ2v) is 10.6. The third-order valence-electron chi connectivity index (χ3n) is 5.50. The molecule has 1 aromatic heterocycles. The molecule has 1 N–H and O–H groups in total. The lowest BCUT2D eigenvalue weighted by Crippen LogP contribution is -2.18. The molecular formula is C21H22BrCl2N3O2S. The van der Waals surface area contributed by atoms with Crippen LogP contribution in [0.2, 0.25) is 10.0 Å². The molecule has 0 amide bonds. The second-order valence-electron chi connectivity index (χ2n) is 7.32. The molecule has 1 heterocycles. The molecule has 3 aromatic rings. The first-order valence-electron chi connectivity index (χ1n) is 9.19. The van der Waals surface area contributed by atoms with Gasteiger partial charge < -0.3 is 0 Å². The summed E-state index contributed by atoms with van der Waals surface area (Å²) in [6.07, 6.45) is 1.70. The van der Waals surface area contributed by atoms with Crippen LogP contribution in [0.3, 0.4) is 0 Å². The van der Waals surface area contributed by atoms with Crippen LogP contribution in [0.5, 0.6) is 0 Å². The molecule has 0 unspecified atom stereocenters. The number of nitrogens with one attached hydrogen (secondary N) is 1. The van der Waals surface area contributed by atoms with Gasteiger partial charge in [-0.1, -0.05) is 29.3 Å². The molecule has 0 saturated heterocycles. The number of sulfonamides is 1. The summed E-state index contributed by atoms with van der Waals surface area (Å²) in [6.45, 7) is 9.93. The van der Waals surface area contributed by atoms with E-state index in [1.807, 2.05) is 40.7 Å². The standard InChI is InChI=1S/C21H22BrCl2N3O2S/c1-11-12(2)14(4)20(15(5)13(11)3)30(28,29)26-21-18(22)10-27(25-21)9-16-6-7-17(23)8-19(16)24/h6-8,10H,9H2,1-5H3,(H,25,26). The number of hydrogen-bond acceptors (Lipinski definition) is 3. The summed E-state index contributed by atoms with van der Waals surface area (Å²) in [4.78, 5) is 0.297. The normalized spacial score (nSPS) is 11.7. The summed E-state index contributed by atoms with van der Waals surface area (Å²) in [7, 11) is -3.83. The lowest BCUT2D eigenvalue weighted by molar-refractivity contribution is 0.599. The van der Waals surface area contributed by atoms with E-state index in [2.05, 4.69) is 25.8 Å². The maximum absolute atomic E-state index is 13.3. The Morgan fingerprint density at radius 2 is 1.57 bits per heavy atom. The summed E-state index contributed by atoms with van der Waals surface area (Å²) < 4.78 is 31.3. The molecular weight excluding hydrogens is 509 g/mol. The zero-order chi connectivity index (χ0) is 22.4. The summed E-state index contributed by atoms with van der Waals surface area (Å²) in [5.41, 5.74) is 5.36. The van der Waals surface area contributed by atoms with Gasteiger partial charge in [-0.15, -0.1) is 0 Å². The van der Waals surface area contributed by atoms with Crippen LogP contribution in [-0.4, -0.2) is 18.2 Å². The largest absolute Gasteiger partial charge is 0.265 e. The Kier molecular flexibility index (Phi) is 6.58. The predicted octanol–water partition coefficient (Wildman–Crippen LogP) is 6.34. The first kappa shape index (κ1) is 23.1. The first-order chi connectivity index (χ1) is 13.9. The predicted molar refractivity (Wildman–Crippen MR) is 126 cm³/mol. The van der Waals surface area contributed by atoms with Gasteiger partial charge in [0.05, 0.1) is 15.9 Å². The van der Waals surface area contributed by atoms with Crippen LogP contribution < -0.4 is 4.72 Å². The molecule has 3 rings (SSSR count). The second kappa shape index (κ2) is 8.54. The van der Waals surface area contributed by atoms with Crippen LogP contribution in [0.4, 0.5) is 5.82 Å². The highest BCUT2D eigenvalue weighted by Crippen LogP contribution is 2.32. The van der Waals surface area contributed by atoms with Crippen molar-refractivity contribution in [3.05, 3.63) is 72.3 Å². The Hall–Kier alpha value is -1.54. The monoisotopic (exact) mass is 529 g/mol. The number of rotatable bonds is 5. The maximum Gasteiger partial charge on any atom is 0.263 e. The van der Waals surface area contributed by atoms with E-state index in [1.165, 1.54) is 0 Å². The lowest BCUT2D eigenvalue weighted by Gasteiger charge is -2.19. The topological polar surface area (TPSA) is 64.0 Å². The SMILES string of the molecule is Cc1c(C)c(C)c(S(=O)(=O)Nc2nn(Cc3ccc(Cl)cc3Cl)cc2Br)c(C)c1C. The Bertz CT molecular complexity index is 1220. The molecule has 0 fully saturated rings. The van der Waals surface area contributed by atoms with E-state index in [0.29, 0.717) is 26.0 Å². The fourth-order valence-electron chi connectivity index (χ4n) is 3.42. The molecule has 160 valence electrons. The van der Waals surface area contributed by atoms with Crippen molar-refractivity contribution >= 4 is 55.0 Å². The van der Waals surface area contributed by atoms with Crippen molar-refractivity contribution < 1.29 is 8.42 Å². The molecule has 30 heavy (non-hydrogen) atoms. The molecule has 5 nitrogen and oxygen atoms in total. The van der Waals surface area contributed by atoms with Crippen molar-refractivity contribution in [3.63, 3.8) is 0 Å². The Balaban J connectivity index is 1.96. The molecule has 2 aromatic carbocycles. The fraction of sp³-hybridized carbons (Fsp3) is 0.286. The number of aromatic nitrogens is 2. The van der Waals surface area contributed by atoms with E-state index in [9.17, 15) is 8.42 Å². The Morgan fingerprint density at radius 1 is 1.00 bits per heavy atom. The van der Waals surface area contributed by atoms with Gasteiger partial charge in [-0.05, 0) is 96.1 Å². The van der Waals surface area contributed by atoms with Gasteiger partial charge in [0.25, 0.3) is 10.0 Å². The van der Waals surface area contributed by atoms with Gasteiger partial charge in [-0.3, -0.25) is 9.40 Å². The highest BCUT2D eigenvalue weighted by Gasteiger charge is 2.25. The molecule has 0 atom stereocenters. The van der Waals surface area contributed by atoms with Gasteiger partial charge in [0.15, 0.2) is 5.82 Å². The molecule has 0 bridgehead atoms. The van der Waals surface area contributed by atoms with Crippen molar-refractivity contribution in [1.29, 1.82) is 0 Å². The lowest BCUT2D eigenvalue weighted by atomic mass is 9.95. The van der Waals surface area contributed by atoms with Crippen molar-refractivity contribution in [2.45, 2.75) is 46.1 Å². The van der Waals surface area contributed by atoms with E-state index in [1.54, 1.807) is 23.0 Å². The molecule has 0 spiro atoms. The van der Waals surface area contributed by atoms with Crippen LogP contribution in [0.15, 0.2) is 33.8 Å². The highest BCUT2D eigenvalue weighted by molar-refractivity contribution is 9.10. The molecule has 0 saturated carbocycles. The van der Waals surface area contributed by atoms with E-state index >= 15 is 0 Å². The number of hydrogen-bond donors (Lipinski definition) is 1. The van der Waals surface area contributed by atoms with E-state index in [0.717, 1.165) is 33.4 Å². The molecule has 9 heteroatoms. The number of nitrogens with zero attached hydrogens (tertiary/aromatic N) is 2. The van der Waals surface area contributed by atoms with Crippen LogP contribution in [0.25, 0.3) is 0 Å². The Morgan fingerprint density at radius 3 is 2.13 bits per heavy atom. The van der Waals surface area contributed by atoms with Crippen molar-refractivity contribution in [2.75, 3.05) is 4.72 Å². The number of anilines is 1. The van der Waals surface area contributed by atoms with Gasteiger partial charge in [-0.25, -0.2) is 8.42 Å². The molecule has 0 aliphatic carbocycles. The van der Waals surface area contributed by atoms with Gasteiger partial charge >= 0.3 is 0 Å². The summed E-state index contributed by atoms with van der Waals surface area (Å²) in [5.74, 6) is 0.217. The fourth-order valence-corrected chi connectivity index (χ4v) is 6.05. The summed E-state index contributed by atoms with van der Waals surface area (Å²) in [5, 5.41) is 5.46. The van der Waals surface area contributed by atoms with Crippen LogP contribution >= 0.6 is 39.1 Å². The zero-order valence-electron chi connectivity index (χ0n) is 17.3. The van der Waals surface area contributed by atoms with E-state index in [-0.39, 0.29) is 5.82 Å². The summed E-state index contributed by atoms with van der Waals surface area (Å²) >= 11 is 15.6. The van der Waals surface area contributed by atoms with Crippen molar-refractivity contribution in [3.8, 4) is 0 Å². The number of halogens is 3. The van der Waals surface area contributed by atoms with Crippen LogP contribution in [0, 0.1) is 34.6 Å². The smallest absolute Gasteiger partial charge is 0.263 e. The molecule has 0 aliphatic rings. The van der Waals surface area contributed by atoms with E-state index < -0.39 is 10.0 Å². The summed E-state index contributed by atoms with van der Waals surface area (Å²) in [6, 6.07) is 5.22. The third kappa shape index (κ3) is 4.40. The van der Waals surface area contributed by atoms with Gasteiger partial charge in [0.2, 0.25) is 0 Å². The minimum Gasteiger partial charge on any atom is -0.265 e. The van der Waals surface area contributed by atoms with Crippen molar-refractivity contribution in [1.82, 2.24) is 9.78 Å². The number of benzene rings is 2. The Labute approximate surface area is 195 Å². The zero-order valence-corrected chi connectivity index (χ0v) is 21.2. The quantitative estimate of drug-likeness (QED) is 0.418. The van der Waals surface area contributed by atoms with Gasteiger partial charge in [0, 0.05) is 16.2 Å². The first-order valence-corrected chi connectivity index (χ1v) is 12.2.